The molecular formula is C31H32NO8P. The summed E-state index contributed by atoms with van der Waals surface area (Å²) in [5.74, 6) is -1.32. The number of fused-ring (bicyclic) bond motifs is 5. The van der Waals surface area contributed by atoms with Gasteiger partial charge in [0.25, 0.3) is 0 Å². The van der Waals surface area contributed by atoms with Gasteiger partial charge in [0.1, 0.15) is 5.75 Å². The second-order valence-corrected chi connectivity index (χ2v) is 12.8. The van der Waals surface area contributed by atoms with Crippen LogP contribution in [0.2, 0.25) is 0 Å². The van der Waals surface area contributed by atoms with Gasteiger partial charge in [0.05, 0.1) is 34.4 Å². The maximum Gasteiger partial charge on any atom is 0.524 e. The van der Waals surface area contributed by atoms with E-state index in [1.165, 1.54) is 18.2 Å². The molecule has 0 saturated carbocycles. The van der Waals surface area contributed by atoms with Crippen molar-refractivity contribution in [3.63, 3.8) is 0 Å². The van der Waals surface area contributed by atoms with Crippen LogP contribution in [0, 0.1) is 0 Å². The average Bonchev–Trinajstić information content (AvgIpc) is 3.71. The summed E-state index contributed by atoms with van der Waals surface area (Å²) in [5, 5.41) is 0. The van der Waals surface area contributed by atoms with E-state index in [2.05, 4.69) is 23.6 Å². The maximum atomic E-state index is 14.2. The average molecular weight is 578 g/mol. The number of phosphoric ester groups is 1. The van der Waals surface area contributed by atoms with E-state index in [4.69, 9.17) is 14.0 Å². The third kappa shape index (κ3) is 4.25. The number of hydrogen-bond acceptors (Lipinski definition) is 6. The van der Waals surface area contributed by atoms with Gasteiger partial charge < -0.3 is 18.6 Å². The second kappa shape index (κ2) is 9.75. The van der Waals surface area contributed by atoms with Crippen LogP contribution in [0.4, 0.5) is 0 Å². The van der Waals surface area contributed by atoms with Crippen molar-refractivity contribution in [3.05, 3.63) is 87.7 Å². The van der Waals surface area contributed by atoms with Crippen LogP contribution < -0.4 is 4.52 Å². The highest BCUT2D eigenvalue weighted by Gasteiger charge is 2.50. The number of carbonyl (C=O) groups excluding carboxylic acids is 2. The molecule has 10 heteroatoms. The van der Waals surface area contributed by atoms with Crippen molar-refractivity contribution in [1.29, 1.82) is 0 Å². The molecule has 214 valence electrons. The molecule has 1 aromatic heterocycles. The van der Waals surface area contributed by atoms with Crippen LogP contribution in [0.15, 0.2) is 48.7 Å². The van der Waals surface area contributed by atoms with Gasteiger partial charge in [0.15, 0.2) is 11.6 Å². The van der Waals surface area contributed by atoms with Crippen molar-refractivity contribution in [2.45, 2.75) is 69.1 Å². The van der Waals surface area contributed by atoms with Gasteiger partial charge in [0, 0.05) is 49.4 Å². The normalized spacial score (nSPS) is 26.9. The molecule has 2 fully saturated rings. The van der Waals surface area contributed by atoms with Crippen LogP contribution in [0.1, 0.15) is 100 Å². The maximum absolute atomic E-state index is 14.2. The number of ketones is 2. The summed E-state index contributed by atoms with van der Waals surface area (Å²) < 4.78 is 31.1. The summed E-state index contributed by atoms with van der Waals surface area (Å²) in [7, 11) is -4.97. The van der Waals surface area contributed by atoms with E-state index < -0.39 is 19.1 Å². The highest BCUT2D eigenvalue weighted by molar-refractivity contribution is 7.46. The van der Waals surface area contributed by atoms with Crippen molar-refractivity contribution in [1.82, 2.24) is 4.57 Å². The number of carbonyl (C=O) groups is 2. The molecule has 2 saturated heterocycles. The Morgan fingerprint density at radius 2 is 1.59 bits per heavy atom. The van der Waals surface area contributed by atoms with Crippen LogP contribution in [-0.4, -0.2) is 51.3 Å². The van der Waals surface area contributed by atoms with E-state index in [1.807, 2.05) is 12.1 Å². The first-order valence-electron chi connectivity index (χ1n) is 14.2. The van der Waals surface area contributed by atoms with Crippen LogP contribution in [-0.2, 0) is 19.6 Å². The summed E-state index contributed by atoms with van der Waals surface area (Å²) in [4.78, 5) is 47.3. The highest BCUT2D eigenvalue weighted by Crippen LogP contribution is 2.53. The van der Waals surface area contributed by atoms with Gasteiger partial charge in [-0.1, -0.05) is 43.3 Å². The van der Waals surface area contributed by atoms with Gasteiger partial charge in [-0.3, -0.25) is 19.4 Å². The van der Waals surface area contributed by atoms with Gasteiger partial charge in [-0.15, -0.1) is 0 Å². The zero-order valence-electron chi connectivity index (χ0n) is 22.7. The molecule has 4 heterocycles. The molecule has 3 unspecified atom stereocenters. The van der Waals surface area contributed by atoms with Crippen LogP contribution >= 0.6 is 7.82 Å². The van der Waals surface area contributed by atoms with E-state index in [-0.39, 0.29) is 46.3 Å². The molecule has 41 heavy (non-hydrogen) atoms. The fourth-order valence-electron chi connectivity index (χ4n) is 7.58. The Morgan fingerprint density at radius 1 is 0.927 bits per heavy atom. The van der Waals surface area contributed by atoms with Crippen molar-refractivity contribution in [2.24, 2.45) is 0 Å². The van der Waals surface area contributed by atoms with Gasteiger partial charge in [-0.2, -0.15) is 0 Å². The first kappa shape index (κ1) is 26.8. The van der Waals surface area contributed by atoms with Crippen molar-refractivity contribution in [2.75, 3.05) is 13.2 Å². The minimum Gasteiger partial charge on any atom is -0.403 e. The monoisotopic (exact) mass is 577 g/mol. The number of nitrogens with zero attached hydrogens (tertiary/aromatic N) is 1. The Kier molecular flexibility index (Phi) is 6.37. The summed E-state index contributed by atoms with van der Waals surface area (Å²) in [6.07, 6.45) is 7.05. The summed E-state index contributed by atoms with van der Waals surface area (Å²) >= 11 is 0. The van der Waals surface area contributed by atoms with Crippen LogP contribution in [0.3, 0.4) is 0 Å². The lowest BCUT2D eigenvalue weighted by atomic mass is 9.71. The molecule has 0 radical (unpaired) electrons. The van der Waals surface area contributed by atoms with Crippen LogP contribution in [0.25, 0.3) is 0 Å². The smallest absolute Gasteiger partial charge is 0.403 e. The third-order valence-corrected chi connectivity index (χ3v) is 9.64. The first-order chi connectivity index (χ1) is 19.7. The lowest BCUT2D eigenvalue weighted by Gasteiger charge is -2.46. The molecule has 0 bridgehead atoms. The molecule has 3 aromatic rings. The van der Waals surface area contributed by atoms with E-state index in [0.29, 0.717) is 31.6 Å². The minimum atomic E-state index is -4.97. The fourth-order valence-corrected chi connectivity index (χ4v) is 7.99. The minimum absolute atomic E-state index is 0.0250. The Morgan fingerprint density at radius 3 is 2.22 bits per heavy atom. The molecule has 2 aromatic carbocycles. The molecule has 0 spiro atoms. The standard InChI is InChI=1S/C31H32NO8P/c1-18-21-9-2-3-11-24(21)31(15-19-7-5-13-38-19,16-20-8-6-14-39-20)32-17-23-27(28(18)32)29(33)22-10-4-12-25(26(22)30(23)34)40-41(35,36)37/h2-4,9-12,17-20H,5-8,13-16H2,1H3,(H2,35,36,37). The lowest BCUT2D eigenvalue weighted by Crippen LogP contribution is -2.45. The molecule has 9 nitrogen and oxygen atoms in total. The lowest BCUT2D eigenvalue weighted by molar-refractivity contribution is 0.0356. The number of benzene rings is 2. The topological polar surface area (TPSA) is 124 Å². The number of aromatic nitrogens is 1. The third-order valence-electron chi connectivity index (χ3n) is 9.21. The van der Waals surface area contributed by atoms with E-state index in [1.54, 1.807) is 6.20 Å². The molecule has 0 amide bonds. The Labute approximate surface area is 237 Å². The van der Waals surface area contributed by atoms with Gasteiger partial charge >= 0.3 is 7.82 Å². The highest BCUT2D eigenvalue weighted by atomic mass is 31.2. The summed E-state index contributed by atoms with van der Waals surface area (Å²) in [6, 6.07) is 12.6. The number of phosphoric acid groups is 1. The molecule has 3 atom stereocenters. The molecule has 1 aliphatic carbocycles. The van der Waals surface area contributed by atoms with Crippen molar-refractivity contribution < 1.29 is 37.9 Å². The number of rotatable bonds is 6. The van der Waals surface area contributed by atoms with E-state index in [0.717, 1.165) is 42.5 Å². The molecule has 2 N–H and O–H groups in total. The van der Waals surface area contributed by atoms with Crippen molar-refractivity contribution >= 4 is 19.4 Å². The molecule has 4 aliphatic rings. The predicted molar refractivity (Wildman–Crippen MR) is 149 cm³/mol. The zero-order chi connectivity index (χ0) is 28.5. The van der Waals surface area contributed by atoms with E-state index >= 15 is 0 Å². The first-order valence-corrected chi connectivity index (χ1v) is 15.8. The Hall–Kier alpha value is -3.07. The summed E-state index contributed by atoms with van der Waals surface area (Å²) in [5.41, 5.74) is 2.97. The second-order valence-electron chi connectivity index (χ2n) is 11.6. The molecular weight excluding hydrogens is 545 g/mol. The number of hydrogen-bond donors (Lipinski definition) is 2. The fraction of sp³-hybridized carbons (Fsp3) is 0.419. The summed E-state index contributed by atoms with van der Waals surface area (Å²) in [6.45, 7) is 3.48. The Balaban J connectivity index is 1.46. The van der Waals surface area contributed by atoms with Gasteiger partial charge in [-0.25, -0.2) is 4.57 Å². The number of ether oxygens (including phenoxy) is 2. The van der Waals surface area contributed by atoms with Crippen LogP contribution in [0.5, 0.6) is 5.75 Å². The van der Waals surface area contributed by atoms with Gasteiger partial charge in [-0.05, 0) is 42.9 Å². The largest absolute Gasteiger partial charge is 0.524 e. The van der Waals surface area contributed by atoms with Gasteiger partial charge in [0.2, 0.25) is 0 Å². The molecule has 7 rings (SSSR count). The van der Waals surface area contributed by atoms with E-state index in [9.17, 15) is 23.9 Å². The Bertz CT molecular complexity index is 1590. The molecule has 3 aliphatic heterocycles. The van der Waals surface area contributed by atoms with Crippen molar-refractivity contribution in [3.8, 4) is 5.75 Å². The zero-order valence-corrected chi connectivity index (χ0v) is 23.6. The predicted octanol–water partition coefficient (Wildman–Crippen LogP) is 5.08. The SMILES string of the molecule is CC1c2ccccc2C(CC2CCCO2)(CC2CCCO2)n2cc3c(c21)C(=O)c1cccc(OP(=O)(O)O)c1C3=O. The quantitative estimate of drug-likeness (QED) is 0.304.